The number of nitrogen functional groups attached to an aromatic ring is 1. The normalized spacial score (nSPS) is 12.6. The van der Waals surface area contributed by atoms with Crippen molar-refractivity contribution in [2.24, 2.45) is 0 Å². The summed E-state index contributed by atoms with van der Waals surface area (Å²) in [5, 5.41) is 3.23. The molecule has 84 valence electrons. The van der Waals surface area contributed by atoms with Crippen molar-refractivity contribution in [1.29, 1.82) is 0 Å². The zero-order valence-corrected chi connectivity index (χ0v) is 9.53. The standard InChI is InChI=1S/C13H16N2O/c1-9-6-7-12(16-9)13(15-2)10-4-3-5-11(14)8-10/h3-8,13,15H,14H2,1-2H3. The highest BCUT2D eigenvalue weighted by molar-refractivity contribution is 5.43. The number of hydrogen-bond donors (Lipinski definition) is 2. The van der Waals surface area contributed by atoms with Gasteiger partial charge in [0.25, 0.3) is 0 Å². The van der Waals surface area contributed by atoms with Crippen molar-refractivity contribution in [2.45, 2.75) is 13.0 Å². The van der Waals surface area contributed by atoms with E-state index in [1.807, 2.05) is 50.4 Å². The summed E-state index contributed by atoms with van der Waals surface area (Å²) in [6.45, 7) is 1.94. The average Bonchev–Trinajstić information content (AvgIpc) is 2.66. The van der Waals surface area contributed by atoms with Gasteiger partial charge >= 0.3 is 0 Å². The maximum absolute atomic E-state index is 5.78. The topological polar surface area (TPSA) is 51.2 Å². The van der Waals surface area contributed by atoms with E-state index in [9.17, 15) is 0 Å². The molecule has 2 aromatic rings. The SMILES string of the molecule is CNC(c1cccc(N)c1)c1ccc(C)o1. The van der Waals surface area contributed by atoms with E-state index in [0.29, 0.717) is 0 Å². The molecule has 1 aromatic carbocycles. The molecule has 3 nitrogen and oxygen atoms in total. The van der Waals surface area contributed by atoms with Crippen molar-refractivity contribution in [2.75, 3.05) is 12.8 Å². The van der Waals surface area contributed by atoms with Gasteiger partial charge in [-0.25, -0.2) is 0 Å². The molecule has 1 atom stereocenters. The van der Waals surface area contributed by atoms with Crippen LogP contribution in [0.2, 0.25) is 0 Å². The Balaban J connectivity index is 2.36. The quantitative estimate of drug-likeness (QED) is 0.775. The Kier molecular flexibility index (Phi) is 2.97. The number of anilines is 1. The lowest BCUT2D eigenvalue weighted by molar-refractivity contribution is 0.444. The second kappa shape index (κ2) is 4.41. The lowest BCUT2D eigenvalue weighted by Gasteiger charge is -2.14. The average molecular weight is 216 g/mol. The summed E-state index contributed by atoms with van der Waals surface area (Å²) >= 11 is 0. The molecular weight excluding hydrogens is 200 g/mol. The van der Waals surface area contributed by atoms with Gasteiger partial charge in [-0.15, -0.1) is 0 Å². The van der Waals surface area contributed by atoms with Gasteiger partial charge in [-0.1, -0.05) is 12.1 Å². The highest BCUT2D eigenvalue weighted by Gasteiger charge is 2.15. The number of nitrogens with one attached hydrogen (secondary N) is 1. The lowest BCUT2D eigenvalue weighted by atomic mass is 10.0. The van der Waals surface area contributed by atoms with E-state index >= 15 is 0 Å². The fourth-order valence-corrected chi connectivity index (χ4v) is 1.82. The molecule has 0 fully saturated rings. The molecule has 0 spiro atoms. The smallest absolute Gasteiger partial charge is 0.125 e. The van der Waals surface area contributed by atoms with Gasteiger partial charge in [-0.2, -0.15) is 0 Å². The van der Waals surface area contributed by atoms with Crippen LogP contribution in [0.4, 0.5) is 5.69 Å². The maximum Gasteiger partial charge on any atom is 0.125 e. The molecule has 0 amide bonds. The zero-order valence-electron chi connectivity index (χ0n) is 9.53. The summed E-state index contributed by atoms with van der Waals surface area (Å²) in [7, 11) is 1.91. The van der Waals surface area contributed by atoms with Crippen LogP contribution in [0.25, 0.3) is 0 Å². The molecule has 1 heterocycles. The van der Waals surface area contributed by atoms with E-state index in [0.717, 1.165) is 22.8 Å². The van der Waals surface area contributed by atoms with Crippen molar-refractivity contribution in [3.05, 3.63) is 53.5 Å². The highest BCUT2D eigenvalue weighted by atomic mass is 16.3. The van der Waals surface area contributed by atoms with Crippen LogP contribution in [-0.4, -0.2) is 7.05 Å². The molecule has 1 aromatic heterocycles. The monoisotopic (exact) mass is 216 g/mol. The Bertz CT molecular complexity index is 476. The summed E-state index contributed by atoms with van der Waals surface area (Å²) in [5.41, 5.74) is 7.65. The van der Waals surface area contributed by atoms with Crippen LogP contribution in [0.15, 0.2) is 40.8 Å². The maximum atomic E-state index is 5.78. The van der Waals surface area contributed by atoms with E-state index < -0.39 is 0 Å². The van der Waals surface area contributed by atoms with Gasteiger partial charge in [-0.3, -0.25) is 0 Å². The third kappa shape index (κ3) is 2.09. The van der Waals surface area contributed by atoms with Gasteiger partial charge in [0, 0.05) is 5.69 Å². The van der Waals surface area contributed by atoms with Crippen molar-refractivity contribution in [1.82, 2.24) is 5.32 Å². The van der Waals surface area contributed by atoms with Crippen LogP contribution in [0, 0.1) is 6.92 Å². The Hall–Kier alpha value is -1.74. The fourth-order valence-electron chi connectivity index (χ4n) is 1.82. The number of nitrogens with two attached hydrogens (primary N) is 1. The number of aryl methyl sites for hydroxylation is 1. The van der Waals surface area contributed by atoms with Crippen LogP contribution >= 0.6 is 0 Å². The van der Waals surface area contributed by atoms with Crippen LogP contribution in [0.5, 0.6) is 0 Å². The third-order valence-corrected chi connectivity index (χ3v) is 2.58. The lowest BCUT2D eigenvalue weighted by Crippen LogP contribution is -2.17. The predicted octanol–water partition coefficient (Wildman–Crippen LogP) is 2.48. The van der Waals surface area contributed by atoms with Gasteiger partial charge in [0.1, 0.15) is 11.5 Å². The molecule has 3 N–H and O–H groups in total. The Morgan fingerprint density at radius 2 is 2.06 bits per heavy atom. The first-order chi connectivity index (χ1) is 7.70. The first-order valence-electron chi connectivity index (χ1n) is 5.29. The summed E-state index contributed by atoms with van der Waals surface area (Å²) in [6, 6.07) is 11.8. The molecule has 0 aliphatic rings. The molecule has 1 unspecified atom stereocenters. The van der Waals surface area contributed by atoms with E-state index in [-0.39, 0.29) is 6.04 Å². The molecule has 0 saturated carbocycles. The first kappa shape index (κ1) is 10.8. The Morgan fingerprint density at radius 1 is 1.25 bits per heavy atom. The largest absolute Gasteiger partial charge is 0.464 e. The second-order valence-corrected chi connectivity index (χ2v) is 3.84. The molecule has 0 aliphatic heterocycles. The molecule has 16 heavy (non-hydrogen) atoms. The van der Waals surface area contributed by atoms with E-state index in [4.69, 9.17) is 10.2 Å². The third-order valence-electron chi connectivity index (χ3n) is 2.58. The highest BCUT2D eigenvalue weighted by Crippen LogP contribution is 2.24. The second-order valence-electron chi connectivity index (χ2n) is 3.84. The van der Waals surface area contributed by atoms with Gasteiger partial charge in [-0.05, 0) is 43.8 Å². The molecule has 0 radical (unpaired) electrons. The predicted molar refractivity (Wildman–Crippen MR) is 65.2 cm³/mol. The molecule has 0 saturated heterocycles. The van der Waals surface area contributed by atoms with Crippen molar-refractivity contribution in [3.8, 4) is 0 Å². The summed E-state index contributed by atoms with van der Waals surface area (Å²) in [5.74, 6) is 1.82. The van der Waals surface area contributed by atoms with Gasteiger partial charge in [0.05, 0.1) is 6.04 Å². The minimum absolute atomic E-state index is 0.0530. The van der Waals surface area contributed by atoms with Crippen LogP contribution in [-0.2, 0) is 0 Å². The van der Waals surface area contributed by atoms with Crippen molar-refractivity contribution in [3.63, 3.8) is 0 Å². The van der Waals surface area contributed by atoms with Crippen LogP contribution in [0.3, 0.4) is 0 Å². The summed E-state index contributed by atoms with van der Waals surface area (Å²) in [4.78, 5) is 0. The zero-order chi connectivity index (χ0) is 11.5. The van der Waals surface area contributed by atoms with E-state index in [2.05, 4.69) is 5.32 Å². The van der Waals surface area contributed by atoms with Gasteiger partial charge in [0.15, 0.2) is 0 Å². The minimum atomic E-state index is 0.0530. The molecule has 0 bridgehead atoms. The molecule has 0 aliphatic carbocycles. The van der Waals surface area contributed by atoms with E-state index in [1.165, 1.54) is 0 Å². The van der Waals surface area contributed by atoms with Gasteiger partial charge in [0.2, 0.25) is 0 Å². The van der Waals surface area contributed by atoms with Crippen molar-refractivity contribution < 1.29 is 4.42 Å². The first-order valence-corrected chi connectivity index (χ1v) is 5.29. The summed E-state index contributed by atoms with van der Waals surface area (Å²) in [6.07, 6.45) is 0. The fraction of sp³-hybridized carbons (Fsp3) is 0.231. The molecule has 2 rings (SSSR count). The molecule has 3 heteroatoms. The number of rotatable bonds is 3. The Labute approximate surface area is 95.3 Å². The van der Waals surface area contributed by atoms with Crippen LogP contribution in [0.1, 0.15) is 23.1 Å². The number of benzene rings is 1. The summed E-state index contributed by atoms with van der Waals surface area (Å²) < 4.78 is 5.63. The minimum Gasteiger partial charge on any atom is -0.464 e. The van der Waals surface area contributed by atoms with Crippen LogP contribution < -0.4 is 11.1 Å². The molecular formula is C13H16N2O. The van der Waals surface area contributed by atoms with Crippen molar-refractivity contribution >= 4 is 5.69 Å². The number of furan rings is 1. The Morgan fingerprint density at radius 3 is 2.62 bits per heavy atom. The van der Waals surface area contributed by atoms with E-state index in [1.54, 1.807) is 0 Å². The number of hydrogen-bond acceptors (Lipinski definition) is 3. The van der Waals surface area contributed by atoms with Gasteiger partial charge < -0.3 is 15.5 Å².